The fourth-order valence-electron chi connectivity index (χ4n) is 2.46. The van der Waals surface area contributed by atoms with Crippen LogP contribution in [0.25, 0.3) is 11.2 Å². The van der Waals surface area contributed by atoms with Crippen LogP contribution in [0, 0.1) is 0 Å². The van der Waals surface area contributed by atoms with Crippen LogP contribution in [0.4, 0.5) is 0 Å². The van der Waals surface area contributed by atoms with E-state index in [-0.39, 0.29) is 18.0 Å². The van der Waals surface area contributed by atoms with Gasteiger partial charge in [-0.15, -0.1) is 0 Å². The predicted molar refractivity (Wildman–Crippen MR) is 95.0 cm³/mol. The van der Waals surface area contributed by atoms with Crippen molar-refractivity contribution in [1.82, 2.24) is 19.1 Å². The topological polar surface area (TPSA) is 113 Å². The maximum absolute atomic E-state index is 12.3. The molecule has 0 spiro atoms. The van der Waals surface area contributed by atoms with Crippen molar-refractivity contribution in [3.8, 4) is 0 Å². The van der Waals surface area contributed by atoms with Crippen molar-refractivity contribution in [2.24, 2.45) is 7.05 Å². The minimum absolute atomic E-state index is 0.223. The van der Waals surface area contributed by atoms with E-state index in [0.29, 0.717) is 17.2 Å². The van der Waals surface area contributed by atoms with Crippen LogP contribution in [0.15, 0.2) is 45.1 Å². The lowest BCUT2D eigenvalue weighted by molar-refractivity contribution is 0.113. The van der Waals surface area contributed by atoms with Gasteiger partial charge in [0, 0.05) is 12.8 Å². The largest absolute Gasteiger partial charge is 0.394 e. The Morgan fingerprint density at radius 1 is 1.28 bits per heavy atom. The number of nitrogens with one attached hydrogen (secondary N) is 1. The monoisotopic (exact) mass is 362 g/mol. The molecule has 0 aliphatic carbocycles. The lowest BCUT2D eigenvalue weighted by Crippen LogP contribution is -2.29. The number of H-pyrrole nitrogens is 1. The molecule has 3 N–H and O–H groups in total. The van der Waals surface area contributed by atoms with E-state index in [1.807, 2.05) is 30.3 Å². The van der Waals surface area contributed by atoms with E-state index >= 15 is 0 Å². The Morgan fingerprint density at radius 2 is 2.00 bits per heavy atom. The second-order valence-electron chi connectivity index (χ2n) is 5.60. The zero-order valence-corrected chi connectivity index (χ0v) is 14.4. The summed E-state index contributed by atoms with van der Waals surface area (Å²) in [5, 5.41) is 19.1. The van der Waals surface area contributed by atoms with Gasteiger partial charge in [0.05, 0.1) is 19.3 Å². The van der Waals surface area contributed by atoms with Crippen LogP contribution < -0.4 is 11.2 Å². The van der Waals surface area contributed by atoms with Crippen LogP contribution in [0.1, 0.15) is 5.56 Å². The summed E-state index contributed by atoms with van der Waals surface area (Å²) in [6.45, 7) is 0.0428. The smallest absolute Gasteiger partial charge is 0.329 e. The molecule has 3 aromatic rings. The van der Waals surface area contributed by atoms with Gasteiger partial charge in [-0.1, -0.05) is 42.1 Å². The highest BCUT2D eigenvalue weighted by molar-refractivity contribution is 7.99. The molecule has 1 atom stereocenters. The molecule has 8 nitrogen and oxygen atoms in total. The standard InChI is InChI=1S/C16H18N4O4S/c1-19-13-12(14(23)18-15(19)24)20(7-10-5-3-2-4-6-10)16(17-13)25-9-11(22)8-21/h2-6,11,21-22H,7-9H2,1H3,(H,18,23,24)/t11-/m1/s1. The van der Waals surface area contributed by atoms with Crippen molar-refractivity contribution < 1.29 is 10.2 Å². The number of rotatable bonds is 6. The average molecular weight is 362 g/mol. The Balaban J connectivity index is 2.14. The van der Waals surface area contributed by atoms with Gasteiger partial charge in [-0.05, 0) is 5.56 Å². The molecule has 0 saturated heterocycles. The van der Waals surface area contributed by atoms with Gasteiger partial charge in [0.15, 0.2) is 16.3 Å². The van der Waals surface area contributed by atoms with Crippen molar-refractivity contribution in [2.75, 3.05) is 12.4 Å². The van der Waals surface area contributed by atoms with Gasteiger partial charge in [-0.3, -0.25) is 14.3 Å². The van der Waals surface area contributed by atoms with E-state index in [2.05, 4.69) is 9.97 Å². The Bertz CT molecular complexity index is 993. The molecule has 0 radical (unpaired) electrons. The molecule has 0 fully saturated rings. The molecule has 9 heteroatoms. The number of hydrogen-bond acceptors (Lipinski definition) is 6. The summed E-state index contributed by atoms with van der Waals surface area (Å²) in [5.74, 6) is 0.223. The molecule has 1 aromatic carbocycles. The van der Waals surface area contributed by atoms with Gasteiger partial charge < -0.3 is 14.8 Å². The fraction of sp³-hybridized carbons (Fsp3) is 0.312. The van der Waals surface area contributed by atoms with Crippen LogP contribution in [0.2, 0.25) is 0 Å². The number of aromatic nitrogens is 4. The zero-order valence-electron chi connectivity index (χ0n) is 13.5. The first-order valence-corrected chi connectivity index (χ1v) is 8.65. The summed E-state index contributed by atoms with van der Waals surface area (Å²) < 4.78 is 3.00. The third-order valence-electron chi connectivity index (χ3n) is 3.77. The molecule has 0 unspecified atom stereocenters. The summed E-state index contributed by atoms with van der Waals surface area (Å²) in [6.07, 6.45) is -0.892. The minimum atomic E-state index is -0.892. The lowest BCUT2D eigenvalue weighted by atomic mass is 10.2. The highest BCUT2D eigenvalue weighted by atomic mass is 32.2. The highest BCUT2D eigenvalue weighted by Crippen LogP contribution is 2.23. The number of nitrogens with zero attached hydrogens (tertiary/aromatic N) is 3. The summed E-state index contributed by atoms with van der Waals surface area (Å²) in [4.78, 5) is 30.9. The maximum Gasteiger partial charge on any atom is 0.329 e. The van der Waals surface area contributed by atoms with Gasteiger partial charge in [-0.25, -0.2) is 9.78 Å². The molecule has 2 aromatic heterocycles. The number of benzene rings is 1. The molecule has 0 amide bonds. The maximum atomic E-state index is 12.3. The van der Waals surface area contributed by atoms with E-state index < -0.39 is 17.4 Å². The Kier molecular flexibility index (Phi) is 5.07. The zero-order chi connectivity index (χ0) is 18.0. The average Bonchev–Trinajstić information content (AvgIpc) is 2.97. The van der Waals surface area contributed by atoms with Crippen LogP contribution in [0.3, 0.4) is 0 Å². The normalized spacial score (nSPS) is 12.6. The van der Waals surface area contributed by atoms with Crippen molar-refractivity contribution in [2.45, 2.75) is 17.8 Å². The highest BCUT2D eigenvalue weighted by Gasteiger charge is 2.18. The van der Waals surface area contributed by atoms with Gasteiger partial charge in [-0.2, -0.15) is 0 Å². The summed E-state index contributed by atoms with van der Waals surface area (Å²) in [5.41, 5.74) is 0.516. The predicted octanol–water partition coefficient (Wildman–Crippen LogP) is -0.0831. The van der Waals surface area contributed by atoms with E-state index in [1.54, 1.807) is 4.57 Å². The van der Waals surface area contributed by atoms with Crippen LogP contribution in [0.5, 0.6) is 0 Å². The number of imidazole rings is 1. The number of aliphatic hydroxyl groups is 2. The molecular formula is C16H18N4O4S. The number of fused-ring (bicyclic) bond motifs is 1. The third-order valence-corrected chi connectivity index (χ3v) is 4.89. The van der Waals surface area contributed by atoms with Gasteiger partial charge in [0.2, 0.25) is 0 Å². The number of aliphatic hydroxyl groups excluding tert-OH is 2. The first-order chi connectivity index (χ1) is 12.0. The fourth-order valence-corrected chi connectivity index (χ4v) is 3.37. The van der Waals surface area contributed by atoms with E-state index in [1.165, 1.54) is 23.4 Å². The van der Waals surface area contributed by atoms with E-state index in [0.717, 1.165) is 5.56 Å². The first-order valence-electron chi connectivity index (χ1n) is 7.66. The molecule has 0 aliphatic rings. The van der Waals surface area contributed by atoms with Crippen LogP contribution in [-0.2, 0) is 13.6 Å². The molecule has 0 aliphatic heterocycles. The van der Waals surface area contributed by atoms with Gasteiger partial charge >= 0.3 is 5.69 Å². The second-order valence-corrected chi connectivity index (χ2v) is 6.59. The lowest BCUT2D eigenvalue weighted by Gasteiger charge is -2.10. The molecule has 2 heterocycles. The molecule has 25 heavy (non-hydrogen) atoms. The summed E-state index contributed by atoms with van der Waals surface area (Å²) in [6, 6.07) is 9.56. The van der Waals surface area contributed by atoms with E-state index in [4.69, 9.17) is 5.11 Å². The number of hydrogen-bond donors (Lipinski definition) is 3. The molecule has 0 bridgehead atoms. The van der Waals surface area contributed by atoms with Crippen LogP contribution in [-0.4, -0.2) is 47.8 Å². The molecular weight excluding hydrogens is 344 g/mol. The molecule has 132 valence electrons. The molecule has 3 rings (SSSR count). The Labute approximate surface area is 146 Å². The van der Waals surface area contributed by atoms with Crippen molar-refractivity contribution in [1.29, 1.82) is 0 Å². The van der Waals surface area contributed by atoms with Crippen molar-refractivity contribution in [3.63, 3.8) is 0 Å². The van der Waals surface area contributed by atoms with Crippen molar-refractivity contribution >= 4 is 22.9 Å². The van der Waals surface area contributed by atoms with Crippen LogP contribution >= 0.6 is 11.8 Å². The summed E-state index contributed by atoms with van der Waals surface area (Å²) >= 11 is 1.22. The van der Waals surface area contributed by atoms with E-state index in [9.17, 15) is 14.7 Å². The number of thioether (sulfide) groups is 1. The number of aromatic amines is 1. The SMILES string of the molecule is Cn1c(=O)[nH]c(=O)c2c1nc(SC[C@H](O)CO)n2Cc1ccccc1. The Hall–Kier alpha value is -2.36. The van der Waals surface area contributed by atoms with Crippen molar-refractivity contribution in [3.05, 3.63) is 56.7 Å². The Morgan fingerprint density at radius 3 is 2.68 bits per heavy atom. The molecule has 0 saturated carbocycles. The van der Waals surface area contributed by atoms with Gasteiger partial charge in [0.25, 0.3) is 5.56 Å². The second kappa shape index (κ2) is 7.26. The third kappa shape index (κ3) is 3.53. The summed E-state index contributed by atoms with van der Waals surface area (Å²) in [7, 11) is 1.54. The number of aryl methyl sites for hydroxylation is 1. The quantitative estimate of drug-likeness (QED) is 0.529. The van der Waals surface area contributed by atoms with Gasteiger partial charge in [0.1, 0.15) is 0 Å². The first kappa shape index (κ1) is 17.5. The minimum Gasteiger partial charge on any atom is -0.394 e.